The number of benzene rings is 2. The normalized spacial score (nSPS) is 24.3. The van der Waals surface area contributed by atoms with Gasteiger partial charge in [0.15, 0.2) is 0 Å². The summed E-state index contributed by atoms with van der Waals surface area (Å²) in [6.45, 7) is 6.13. The molecule has 2 aromatic carbocycles. The second-order valence-corrected chi connectivity index (χ2v) is 13.8. The van der Waals surface area contributed by atoms with Gasteiger partial charge in [0.05, 0.1) is 44.8 Å². The minimum atomic E-state index is -1.41. The fraction of sp³-hybridized carbons (Fsp3) is 0.537. The number of fused-ring (bicyclic) bond motifs is 2. The lowest BCUT2D eigenvalue weighted by molar-refractivity contribution is -0.253. The first-order valence-corrected chi connectivity index (χ1v) is 18.9. The number of unbranched alkanes of at least 4 members (excludes halogenated alkanes) is 2. The largest absolute Gasteiger partial charge is 0.497 e. The molecule has 0 spiro atoms. The molecule has 1 aliphatic heterocycles. The molecule has 14 nitrogen and oxygen atoms in total. The van der Waals surface area contributed by atoms with Crippen LogP contribution in [0.1, 0.15) is 63.4 Å². The Morgan fingerprint density at radius 2 is 1.78 bits per heavy atom. The number of nitrogens with one attached hydrogen (secondary N) is 1. The molecule has 1 saturated carbocycles. The number of carbonyl (C=O) groups is 2. The van der Waals surface area contributed by atoms with Crippen molar-refractivity contribution in [2.75, 3.05) is 60.1 Å². The van der Waals surface area contributed by atoms with Gasteiger partial charge in [0.25, 0.3) is 0 Å². The molecule has 14 heteroatoms. The SMILES string of the molecule is C=CCOC12Oc3ccc(OC(=O)Nc4ccc(OC)cc4OC)cc3C3C(CCCCO)C(CCCCO)C=C(C(=NOC)CC1N(C)C(=O)OCC)C32. The van der Waals surface area contributed by atoms with E-state index in [9.17, 15) is 19.8 Å². The molecule has 3 aliphatic rings. The average Bonchev–Trinajstić information content (AvgIpc) is 3.18. The smallest absolute Gasteiger partial charge is 0.417 e. The summed E-state index contributed by atoms with van der Waals surface area (Å²) in [4.78, 5) is 33.8. The highest BCUT2D eigenvalue weighted by Crippen LogP contribution is 2.61. The Balaban J connectivity index is 1.66. The molecule has 6 unspecified atom stereocenters. The van der Waals surface area contributed by atoms with E-state index in [0.717, 1.165) is 36.8 Å². The average molecular weight is 766 g/mol. The molecular weight excluding hydrogens is 710 g/mol. The number of amides is 2. The predicted octanol–water partition coefficient (Wildman–Crippen LogP) is 6.67. The van der Waals surface area contributed by atoms with Crippen molar-refractivity contribution < 1.29 is 53.1 Å². The summed E-state index contributed by atoms with van der Waals surface area (Å²) in [5, 5.41) is 26.8. The number of hydrogen-bond acceptors (Lipinski definition) is 12. The van der Waals surface area contributed by atoms with E-state index in [0.29, 0.717) is 41.5 Å². The maximum atomic E-state index is 13.5. The topological polar surface area (TPSA) is 167 Å². The number of methoxy groups -OCH3 is 2. The highest BCUT2D eigenvalue weighted by Gasteiger charge is 2.65. The number of allylic oxidation sites excluding steroid dienone is 1. The van der Waals surface area contributed by atoms with Crippen LogP contribution in [0.3, 0.4) is 0 Å². The minimum Gasteiger partial charge on any atom is -0.497 e. The summed E-state index contributed by atoms with van der Waals surface area (Å²) in [5.74, 6) is -0.397. The summed E-state index contributed by atoms with van der Waals surface area (Å²) in [5.41, 5.74) is 2.75. The summed E-state index contributed by atoms with van der Waals surface area (Å²) >= 11 is 0. The molecule has 300 valence electrons. The van der Waals surface area contributed by atoms with Crippen LogP contribution in [0.5, 0.6) is 23.0 Å². The van der Waals surface area contributed by atoms with Gasteiger partial charge in [0.2, 0.25) is 5.79 Å². The fourth-order valence-corrected chi connectivity index (χ4v) is 8.40. The van der Waals surface area contributed by atoms with Crippen LogP contribution in [0.2, 0.25) is 0 Å². The number of hydrogen-bond donors (Lipinski definition) is 3. The van der Waals surface area contributed by atoms with Crippen molar-refractivity contribution in [3.8, 4) is 23.0 Å². The quantitative estimate of drug-likeness (QED) is 0.0843. The number of aliphatic hydroxyl groups excluding tert-OH is 2. The second-order valence-electron chi connectivity index (χ2n) is 13.8. The van der Waals surface area contributed by atoms with E-state index in [-0.39, 0.29) is 56.4 Å². The van der Waals surface area contributed by atoms with Crippen molar-refractivity contribution in [1.29, 1.82) is 0 Å². The molecule has 2 aromatic rings. The fourth-order valence-electron chi connectivity index (χ4n) is 8.40. The van der Waals surface area contributed by atoms with Crippen LogP contribution in [0.4, 0.5) is 15.3 Å². The molecule has 2 amide bonds. The van der Waals surface area contributed by atoms with Gasteiger partial charge in [-0.3, -0.25) is 5.32 Å². The third-order valence-electron chi connectivity index (χ3n) is 10.7. The van der Waals surface area contributed by atoms with Crippen LogP contribution in [0, 0.1) is 17.8 Å². The lowest BCUT2D eigenvalue weighted by Gasteiger charge is -2.59. The standard InChI is InChI=1S/C41H55N3O11/c1-7-21-53-41-36(44(3)40(48)52-8-2)25-33(43-51-6)30-22-26(13-9-11-19-45)29(14-10-12-20-46)37(38(30)41)31-23-28(16-18-34(31)55-41)54-39(47)42-32-17-15-27(49-4)24-35(32)50-5/h7,15-18,22-24,26,29,36-38,45-46H,1,8-14,19-21,25H2,2-6H3,(H,42,47). The maximum absolute atomic E-state index is 13.5. The lowest BCUT2D eigenvalue weighted by atomic mass is 9.55. The van der Waals surface area contributed by atoms with E-state index in [1.165, 1.54) is 19.1 Å². The highest BCUT2D eigenvalue weighted by atomic mass is 16.7. The van der Waals surface area contributed by atoms with Crippen LogP contribution in [0.25, 0.3) is 0 Å². The van der Waals surface area contributed by atoms with Crippen molar-refractivity contribution in [1.82, 2.24) is 4.90 Å². The summed E-state index contributed by atoms with van der Waals surface area (Å²) in [7, 11) is 6.20. The summed E-state index contributed by atoms with van der Waals surface area (Å²) in [6, 6.07) is 9.59. The molecule has 55 heavy (non-hydrogen) atoms. The van der Waals surface area contributed by atoms with Crippen LogP contribution in [-0.2, 0) is 14.3 Å². The Kier molecular flexibility index (Phi) is 14.4. The zero-order valence-electron chi connectivity index (χ0n) is 32.5. The number of aliphatic hydroxyl groups is 2. The number of ether oxygens (including phenoxy) is 6. The molecule has 5 rings (SSSR count). The number of rotatable bonds is 18. The van der Waals surface area contributed by atoms with Gasteiger partial charge in [-0.25, -0.2) is 9.59 Å². The van der Waals surface area contributed by atoms with Gasteiger partial charge in [-0.15, -0.1) is 6.58 Å². The molecule has 0 radical (unpaired) electrons. The number of likely N-dealkylation sites (N-methyl/N-ethyl adjacent to an activating group) is 1. The van der Waals surface area contributed by atoms with Crippen LogP contribution < -0.4 is 24.3 Å². The number of nitrogens with zero attached hydrogens (tertiary/aromatic N) is 2. The Bertz CT molecular complexity index is 1710. The van der Waals surface area contributed by atoms with Gasteiger partial charge in [-0.2, -0.15) is 0 Å². The molecular formula is C41H55N3O11. The zero-order chi connectivity index (χ0) is 39.5. The van der Waals surface area contributed by atoms with E-state index < -0.39 is 29.9 Å². The minimum absolute atomic E-state index is 0.00331. The Labute approximate surface area is 323 Å². The van der Waals surface area contributed by atoms with Crippen LogP contribution in [-0.4, -0.2) is 99.6 Å². The van der Waals surface area contributed by atoms with Crippen molar-refractivity contribution in [2.24, 2.45) is 22.9 Å². The van der Waals surface area contributed by atoms with Gasteiger partial charge in [0.1, 0.15) is 36.1 Å². The molecule has 6 atom stereocenters. The van der Waals surface area contributed by atoms with Crippen LogP contribution >= 0.6 is 0 Å². The monoisotopic (exact) mass is 765 g/mol. The molecule has 1 fully saturated rings. The molecule has 3 N–H and O–H groups in total. The Hall–Kier alpha value is -4.79. The third kappa shape index (κ3) is 8.87. The van der Waals surface area contributed by atoms with E-state index in [1.54, 1.807) is 57.5 Å². The highest BCUT2D eigenvalue weighted by molar-refractivity contribution is 6.03. The molecule has 1 heterocycles. The number of oxime groups is 1. The summed E-state index contributed by atoms with van der Waals surface area (Å²) in [6.07, 6.45) is 7.26. The molecule has 0 saturated heterocycles. The first-order chi connectivity index (χ1) is 26.7. The maximum Gasteiger partial charge on any atom is 0.417 e. The van der Waals surface area contributed by atoms with E-state index in [4.69, 9.17) is 33.3 Å². The van der Waals surface area contributed by atoms with E-state index in [1.807, 2.05) is 6.07 Å². The number of carbonyl (C=O) groups excluding carboxylic acids is 2. The van der Waals surface area contributed by atoms with Gasteiger partial charge in [0, 0.05) is 44.2 Å². The first-order valence-electron chi connectivity index (χ1n) is 18.9. The van der Waals surface area contributed by atoms with Crippen LogP contribution in [0.15, 0.2) is 65.9 Å². The van der Waals surface area contributed by atoms with Crippen molar-refractivity contribution in [3.63, 3.8) is 0 Å². The van der Waals surface area contributed by atoms with Gasteiger partial charge in [-0.05, 0) is 80.3 Å². The predicted molar refractivity (Wildman–Crippen MR) is 206 cm³/mol. The van der Waals surface area contributed by atoms with Gasteiger partial charge in [-0.1, -0.05) is 30.1 Å². The third-order valence-corrected chi connectivity index (χ3v) is 10.7. The molecule has 0 aromatic heterocycles. The number of anilines is 1. The van der Waals surface area contributed by atoms with Crippen molar-refractivity contribution in [2.45, 2.75) is 69.6 Å². The van der Waals surface area contributed by atoms with Crippen molar-refractivity contribution >= 4 is 23.6 Å². The van der Waals surface area contributed by atoms with Gasteiger partial charge >= 0.3 is 12.2 Å². The van der Waals surface area contributed by atoms with Gasteiger partial charge < -0.3 is 48.4 Å². The zero-order valence-corrected chi connectivity index (χ0v) is 32.5. The summed E-state index contributed by atoms with van der Waals surface area (Å²) < 4.78 is 36.0. The first kappa shape index (κ1) is 41.4. The van der Waals surface area contributed by atoms with Crippen molar-refractivity contribution in [3.05, 3.63) is 66.3 Å². The Morgan fingerprint density at radius 3 is 2.45 bits per heavy atom. The van der Waals surface area contributed by atoms with E-state index >= 15 is 0 Å². The van der Waals surface area contributed by atoms with E-state index in [2.05, 4.69) is 23.1 Å². The Morgan fingerprint density at radius 1 is 1.04 bits per heavy atom. The second kappa shape index (κ2) is 19.2. The molecule has 0 bridgehead atoms. The lowest BCUT2D eigenvalue weighted by Crippen LogP contribution is -2.69. The molecule has 2 aliphatic carbocycles.